The van der Waals surface area contributed by atoms with Gasteiger partial charge < -0.3 is 9.88 Å². The molecule has 3 rings (SSSR count). The first-order valence-electron chi connectivity index (χ1n) is 5.93. The quantitative estimate of drug-likeness (QED) is 0.737. The molecule has 6 heteroatoms. The van der Waals surface area contributed by atoms with Gasteiger partial charge in [0.25, 0.3) is 5.56 Å². The summed E-state index contributed by atoms with van der Waals surface area (Å²) in [6.45, 7) is 0.661. The Bertz CT molecular complexity index is 774. The Balaban J connectivity index is 2.02. The monoisotopic (exact) mass is 255 g/mol. The van der Waals surface area contributed by atoms with E-state index in [0.717, 1.165) is 16.9 Å². The first-order chi connectivity index (χ1) is 9.28. The van der Waals surface area contributed by atoms with E-state index >= 15 is 0 Å². The maximum atomic E-state index is 11.7. The third-order valence-corrected chi connectivity index (χ3v) is 3.02. The first-order valence-corrected chi connectivity index (χ1v) is 5.93. The van der Waals surface area contributed by atoms with E-state index in [0.29, 0.717) is 11.9 Å². The largest absolute Gasteiger partial charge is 0.359 e. The van der Waals surface area contributed by atoms with Crippen molar-refractivity contribution in [3.8, 4) is 0 Å². The lowest BCUT2D eigenvalue weighted by atomic mass is 10.1. The summed E-state index contributed by atoms with van der Waals surface area (Å²) in [5.74, 6) is 0.795. The van der Waals surface area contributed by atoms with Crippen molar-refractivity contribution < 1.29 is 0 Å². The van der Waals surface area contributed by atoms with Crippen LogP contribution in [-0.2, 0) is 6.54 Å². The van der Waals surface area contributed by atoms with Gasteiger partial charge in [-0.15, -0.1) is 0 Å². The van der Waals surface area contributed by atoms with Gasteiger partial charge in [0.15, 0.2) is 0 Å². The van der Waals surface area contributed by atoms with Gasteiger partial charge in [0.05, 0.1) is 18.1 Å². The average molecular weight is 255 g/mol. The lowest BCUT2D eigenvalue weighted by Crippen LogP contribution is -2.09. The highest BCUT2D eigenvalue weighted by atomic mass is 16.1. The molecular formula is C13H13N5O. The predicted molar refractivity (Wildman–Crippen MR) is 73.2 cm³/mol. The molecule has 0 saturated heterocycles. The molecule has 0 saturated carbocycles. The number of anilines is 1. The summed E-state index contributed by atoms with van der Waals surface area (Å²) in [7, 11) is 1.83. The first kappa shape index (κ1) is 11.5. The molecule has 3 aromatic rings. The zero-order valence-corrected chi connectivity index (χ0v) is 10.4. The third kappa shape index (κ3) is 2.08. The molecule has 0 aliphatic heterocycles. The van der Waals surface area contributed by atoms with Crippen LogP contribution in [0.1, 0.15) is 5.56 Å². The fourth-order valence-electron chi connectivity index (χ4n) is 2.09. The van der Waals surface area contributed by atoms with Crippen LogP contribution in [0.3, 0.4) is 0 Å². The molecule has 2 N–H and O–H groups in total. The highest BCUT2D eigenvalue weighted by Crippen LogP contribution is 2.14. The molecule has 96 valence electrons. The second-order valence-corrected chi connectivity index (χ2v) is 4.25. The van der Waals surface area contributed by atoms with E-state index in [2.05, 4.69) is 20.5 Å². The number of aromatic amines is 1. The number of aromatic nitrogens is 4. The fourth-order valence-corrected chi connectivity index (χ4v) is 2.09. The number of imidazole rings is 1. The number of fused-ring (bicyclic) bond motifs is 1. The van der Waals surface area contributed by atoms with Crippen molar-refractivity contribution in [2.24, 2.45) is 0 Å². The minimum Gasteiger partial charge on any atom is -0.359 e. The summed E-state index contributed by atoms with van der Waals surface area (Å²) in [6, 6.07) is 5.78. The van der Waals surface area contributed by atoms with Crippen LogP contribution in [0.5, 0.6) is 0 Å². The number of nitrogens with one attached hydrogen (secondary N) is 2. The second-order valence-electron chi connectivity index (χ2n) is 4.25. The molecule has 0 bridgehead atoms. The molecule has 0 aliphatic carbocycles. The van der Waals surface area contributed by atoms with Gasteiger partial charge >= 0.3 is 0 Å². The van der Waals surface area contributed by atoms with Crippen LogP contribution in [0.4, 0.5) is 5.95 Å². The zero-order valence-electron chi connectivity index (χ0n) is 10.4. The van der Waals surface area contributed by atoms with Crippen molar-refractivity contribution in [2.75, 3.05) is 12.4 Å². The normalized spacial score (nSPS) is 10.8. The van der Waals surface area contributed by atoms with Gasteiger partial charge in [0.1, 0.15) is 0 Å². The molecule has 19 heavy (non-hydrogen) atoms. The molecule has 0 atom stereocenters. The molecule has 6 nitrogen and oxygen atoms in total. The Morgan fingerprint density at radius 3 is 3.16 bits per heavy atom. The Kier molecular flexibility index (Phi) is 2.75. The highest BCUT2D eigenvalue weighted by Gasteiger charge is 2.04. The van der Waals surface area contributed by atoms with Crippen LogP contribution in [0.25, 0.3) is 10.8 Å². The van der Waals surface area contributed by atoms with E-state index in [-0.39, 0.29) is 5.56 Å². The van der Waals surface area contributed by atoms with Crippen molar-refractivity contribution >= 4 is 16.7 Å². The Morgan fingerprint density at radius 2 is 2.32 bits per heavy atom. The number of hydrogen-bond donors (Lipinski definition) is 2. The van der Waals surface area contributed by atoms with Gasteiger partial charge in [-0.2, -0.15) is 5.10 Å². The minimum atomic E-state index is -0.168. The van der Waals surface area contributed by atoms with E-state index in [1.54, 1.807) is 12.4 Å². The number of nitrogens with zero attached hydrogens (tertiary/aromatic N) is 3. The van der Waals surface area contributed by atoms with Gasteiger partial charge in [-0.3, -0.25) is 4.79 Å². The molecule has 0 spiro atoms. The van der Waals surface area contributed by atoms with Crippen LogP contribution in [0.2, 0.25) is 0 Å². The predicted octanol–water partition coefficient (Wildman–Crippen LogP) is 1.21. The number of benzene rings is 1. The average Bonchev–Trinajstić information content (AvgIpc) is 2.87. The maximum absolute atomic E-state index is 11.7. The minimum absolute atomic E-state index is 0.168. The van der Waals surface area contributed by atoms with Crippen LogP contribution in [0.15, 0.2) is 41.6 Å². The number of rotatable bonds is 3. The van der Waals surface area contributed by atoms with Crippen molar-refractivity contribution in [3.05, 3.63) is 52.7 Å². The molecule has 0 unspecified atom stereocenters. The molecule has 0 aliphatic rings. The summed E-state index contributed by atoms with van der Waals surface area (Å²) in [5.41, 5.74) is 0.873. The Hall–Kier alpha value is -2.63. The van der Waals surface area contributed by atoms with Crippen molar-refractivity contribution in [2.45, 2.75) is 6.54 Å². The Labute approximate surface area is 109 Å². The van der Waals surface area contributed by atoms with E-state index < -0.39 is 0 Å². The highest BCUT2D eigenvalue weighted by molar-refractivity contribution is 5.81. The van der Waals surface area contributed by atoms with Gasteiger partial charge in [0, 0.05) is 24.8 Å². The summed E-state index contributed by atoms with van der Waals surface area (Å²) in [4.78, 5) is 15.9. The molecule has 0 radical (unpaired) electrons. The van der Waals surface area contributed by atoms with E-state index in [4.69, 9.17) is 0 Å². The second kappa shape index (κ2) is 4.56. The Morgan fingerprint density at radius 1 is 1.42 bits per heavy atom. The summed E-state index contributed by atoms with van der Waals surface area (Å²) in [6.07, 6.45) is 5.28. The lowest BCUT2D eigenvalue weighted by Gasteiger charge is -2.07. The maximum Gasteiger partial charge on any atom is 0.272 e. The summed E-state index contributed by atoms with van der Waals surface area (Å²) >= 11 is 0. The van der Waals surface area contributed by atoms with Crippen molar-refractivity contribution in [3.63, 3.8) is 0 Å². The lowest BCUT2D eigenvalue weighted by molar-refractivity contribution is 0.806. The van der Waals surface area contributed by atoms with Gasteiger partial charge in [0.2, 0.25) is 5.95 Å². The van der Waals surface area contributed by atoms with E-state index in [1.165, 1.54) is 0 Å². The van der Waals surface area contributed by atoms with Crippen molar-refractivity contribution in [1.82, 2.24) is 19.7 Å². The smallest absolute Gasteiger partial charge is 0.272 e. The van der Waals surface area contributed by atoms with E-state index in [1.807, 2.05) is 36.0 Å². The van der Waals surface area contributed by atoms with E-state index in [9.17, 15) is 4.79 Å². The van der Waals surface area contributed by atoms with Crippen LogP contribution < -0.4 is 10.9 Å². The van der Waals surface area contributed by atoms with Crippen LogP contribution in [0, 0.1) is 0 Å². The number of H-pyrrole nitrogens is 1. The molecule has 0 fully saturated rings. The zero-order chi connectivity index (χ0) is 13.2. The molecule has 0 amide bonds. The fraction of sp³-hybridized carbons (Fsp3) is 0.154. The SMILES string of the molecule is CNc1nccn1Cc1ccc2cn[nH]c(=O)c2c1. The molecule has 1 aromatic carbocycles. The molecule has 2 aromatic heterocycles. The number of hydrogen-bond acceptors (Lipinski definition) is 4. The van der Waals surface area contributed by atoms with Gasteiger partial charge in [-0.1, -0.05) is 12.1 Å². The van der Waals surface area contributed by atoms with Gasteiger partial charge in [-0.25, -0.2) is 10.1 Å². The summed E-state index contributed by atoms with van der Waals surface area (Å²) < 4.78 is 1.98. The molecule has 2 heterocycles. The summed E-state index contributed by atoms with van der Waals surface area (Å²) in [5, 5.41) is 10.7. The van der Waals surface area contributed by atoms with Crippen LogP contribution in [-0.4, -0.2) is 26.8 Å². The molecular weight excluding hydrogens is 242 g/mol. The van der Waals surface area contributed by atoms with Crippen molar-refractivity contribution in [1.29, 1.82) is 0 Å². The van der Waals surface area contributed by atoms with Gasteiger partial charge in [-0.05, 0) is 11.6 Å². The van der Waals surface area contributed by atoms with Crippen LogP contribution >= 0.6 is 0 Å². The third-order valence-electron chi connectivity index (χ3n) is 3.02. The standard InChI is InChI=1S/C13H13N5O/c1-14-13-15-4-5-18(13)8-9-2-3-10-7-16-17-12(19)11(10)6-9/h2-7H,8H2,1H3,(H,14,15)(H,17,19). The topological polar surface area (TPSA) is 75.6 Å².